The Labute approximate surface area is 150 Å². The van der Waals surface area contributed by atoms with Crippen molar-refractivity contribution in [3.05, 3.63) is 28.3 Å². The number of esters is 1. The minimum atomic E-state index is -4.16. The van der Waals surface area contributed by atoms with Crippen LogP contribution in [0.3, 0.4) is 0 Å². The molecule has 0 bridgehead atoms. The highest BCUT2D eigenvalue weighted by Crippen LogP contribution is 2.27. The summed E-state index contributed by atoms with van der Waals surface area (Å²) in [7, 11) is -2.69. The molecule has 2 rings (SSSR count). The maximum atomic E-state index is 12.2. The van der Waals surface area contributed by atoms with Gasteiger partial charge in [0.25, 0.3) is 5.69 Å². The van der Waals surface area contributed by atoms with Crippen LogP contribution in [0.1, 0.15) is 25.7 Å². The van der Waals surface area contributed by atoms with E-state index in [0.29, 0.717) is 12.8 Å². The first-order valence-corrected chi connectivity index (χ1v) is 9.41. The number of sulfonamides is 1. The Morgan fingerprint density at radius 3 is 2.73 bits per heavy atom. The zero-order valence-corrected chi connectivity index (χ0v) is 14.9. The van der Waals surface area contributed by atoms with E-state index in [-0.39, 0.29) is 16.4 Å². The summed E-state index contributed by atoms with van der Waals surface area (Å²) in [6.07, 6.45) is 1.44. The number of hydrogen-bond acceptors (Lipinski definition) is 8. The van der Waals surface area contributed by atoms with Gasteiger partial charge in [-0.15, -0.1) is 0 Å². The topological polar surface area (TPSA) is 145 Å². The van der Waals surface area contributed by atoms with Crippen LogP contribution in [0.15, 0.2) is 23.1 Å². The Kier molecular flexibility index (Phi) is 6.27. The predicted octanol–water partition coefficient (Wildman–Crippen LogP) is 0.970. The third kappa shape index (κ3) is 4.76. The molecule has 1 atom stereocenters. The van der Waals surface area contributed by atoms with Crippen LogP contribution in [0, 0.1) is 10.1 Å². The fourth-order valence-electron chi connectivity index (χ4n) is 2.55. The van der Waals surface area contributed by atoms with Gasteiger partial charge >= 0.3 is 5.97 Å². The lowest BCUT2D eigenvalue weighted by Crippen LogP contribution is -2.36. The van der Waals surface area contributed by atoms with E-state index in [2.05, 4.69) is 5.32 Å². The largest absolute Gasteiger partial charge is 0.453 e. The van der Waals surface area contributed by atoms with E-state index in [0.717, 1.165) is 18.9 Å². The minimum absolute atomic E-state index is 0.157. The van der Waals surface area contributed by atoms with Crippen LogP contribution >= 0.6 is 0 Å². The van der Waals surface area contributed by atoms with Gasteiger partial charge in [-0.1, -0.05) is 0 Å². The van der Waals surface area contributed by atoms with Gasteiger partial charge in [0, 0.05) is 19.5 Å². The van der Waals surface area contributed by atoms with Crippen molar-refractivity contribution in [3.8, 4) is 0 Å². The monoisotopic (exact) mass is 385 g/mol. The summed E-state index contributed by atoms with van der Waals surface area (Å²) in [5, 5.41) is 13.6. The molecule has 0 saturated heterocycles. The van der Waals surface area contributed by atoms with Crippen molar-refractivity contribution in [2.24, 2.45) is 0 Å². The normalized spacial score (nSPS) is 17.6. The van der Waals surface area contributed by atoms with Crippen molar-refractivity contribution in [2.45, 2.75) is 36.7 Å². The lowest BCUT2D eigenvalue weighted by atomic mass is 9.96. The smallest absolute Gasteiger partial charge is 0.321 e. The van der Waals surface area contributed by atoms with E-state index in [4.69, 9.17) is 4.74 Å². The number of nitrogens with one attached hydrogen (secondary N) is 2. The van der Waals surface area contributed by atoms with Crippen LogP contribution in [0.2, 0.25) is 0 Å². The predicted molar refractivity (Wildman–Crippen MR) is 91.2 cm³/mol. The molecule has 1 aromatic rings. The van der Waals surface area contributed by atoms with Crippen molar-refractivity contribution >= 4 is 33.2 Å². The second-order valence-corrected chi connectivity index (χ2v) is 7.47. The van der Waals surface area contributed by atoms with Gasteiger partial charge in [0.2, 0.25) is 10.0 Å². The molecule has 1 aliphatic rings. The van der Waals surface area contributed by atoms with Gasteiger partial charge in [0.05, 0.1) is 9.82 Å². The zero-order chi connectivity index (χ0) is 19.3. The van der Waals surface area contributed by atoms with E-state index in [1.807, 2.05) is 4.72 Å². The number of anilines is 1. The molecule has 10 nitrogen and oxygen atoms in total. The summed E-state index contributed by atoms with van der Waals surface area (Å²) in [4.78, 5) is 33.4. The van der Waals surface area contributed by atoms with Gasteiger partial charge in [-0.05, 0) is 31.4 Å². The molecule has 0 aromatic heterocycles. The van der Waals surface area contributed by atoms with E-state index >= 15 is 0 Å². The zero-order valence-electron chi connectivity index (χ0n) is 14.1. The standard InChI is InChI=1S/C15H19N3O7S/c1-16-11-7-6-10(8-12(11)18(21)22)26(23,24)17-9-15(20)25-14-5-3-2-4-13(14)19/h6-8,14,16-17H,2-5,9H2,1H3. The summed E-state index contributed by atoms with van der Waals surface area (Å²) < 4.78 is 31.5. The Morgan fingerprint density at radius 2 is 2.12 bits per heavy atom. The highest BCUT2D eigenvalue weighted by atomic mass is 32.2. The number of nitrogens with zero attached hydrogens (tertiary/aromatic N) is 1. The van der Waals surface area contributed by atoms with E-state index in [1.54, 1.807) is 0 Å². The number of benzene rings is 1. The molecule has 26 heavy (non-hydrogen) atoms. The molecular formula is C15H19N3O7S. The number of carbonyl (C=O) groups excluding carboxylic acids is 2. The van der Waals surface area contributed by atoms with Gasteiger partial charge in [-0.3, -0.25) is 19.7 Å². The average molecular weight is 385 g/mol. The maximum absolute atomic E-state index is 12.2. The van der Waals surface area contributed by atoms with Crippen LogP contribution in [-0.4, -0.2) is 44.8 Å². The molecule has 2 N–H and O–H groups in total. The molecule has 1 aliphatic carbocycles. The Balaban J connectivity index is 2.04. The molecule has 1 unspecified atom stereocenters. The number of ketones is 1. The average Bonchev–Trinajstić information content (AvgIpc) is 2.61. The number of rotatable bonds is 7. The van der Waals surface area contributed by atoms with E-state index in [9.17, 15) is 28.1 Å². The molecule has 0 amide bonds. The summed E-state index contributed by atoms with van der Waals surface area (Å²) in [5.74, 6) is -1.05. The molecule has 11 heteroatoms. The fraction of sp³-hybridized carbons (Fsp3) is 0.467. The SMILES string of the molecule is CNc1ccc(S(=O)(=O)NCC(=O)OC2CCCCC2=O)cc1[N+](=O)[O-]. The second-order valence-electron chi connectivity index (χ2n) is 5.70. The minimum Gasteiger partial charge on any atom is -0.453 e. The molecule has 142 valence electrons. The highest BCUT2D eigenvalue weighted by Gasteiger charge is 2.27. The van der Waals surface area contributed by atoms with Crippen LogP contribution in [0.4, 0.5) is 11.4 Å². The van der Waals surface area contributed by atoms with Gasteiger partial charge in [0.1, 0.15) is 12.2 Å². The van der Waals surface area contributed by atoms with Crippen molar-refractivity contribution in [2.75, 3.05) is 18.9 Å². The molecule has 1 aromatic carbocycles. The van der Waals surface area contributed by atoms with Crippen LogP contribution in [0.25, 0.3) is 0 Å². The number of nitro benzene ring substituents is 1. The summed E-state index contributed by atoms with van der Waals surface area (Å²) in [6.45, 7) is -0.673. The third-order valence-corrected chi connectivity index (χ3v) is 5.32. The summed E-state index contributed by atoms with van der Waals surface area (Å²) in [6, 6.07) is 3.33. The molecule has 1 saturated carbocycles. The third-order valence-electron chi connectivity index (χ3n) is 3.92. The summed E-state index contributed by atoms with van der Waals surface area (Å²) in [5.41, 5.74) is -0.255. The first kappa shape index (κ1) is 19.8. The van der Waals surface area contributed by atoms with Gasteiger partial charge in [-0.2, -0.15) is 4.72 Å². The van der Waals surface area contributed by atoms with E-state index < -0.39 is 39.3 Å². The molecule has 0 spiro atoms. The number of carbonyl (C=O) groups is 2. The lowest BCUT2D eigenvalue weighted by Gasteiger charge is -2.20. The van der Waals surface area contributed by atoms with Crippen molar-refractivity contribution in [3.63, 3.8) is 0 Å². The maximum Gasteiger partial charge on any atom is 0.321 e. The second kappa shape index (κ2) is 8.23. The van der Waals surface area contributed by atoms with Crippen LogP contribution in [-0.2, 0) is 24.3 Å². The highest BCUT2D eigenvalue weighted by molar-refractivity contribution is 7.89. The first-order chi connectivity index (χ1) is 12.2. The van der Waals surface area contributed by atoms with Gasteiger partial charge in [-0.25, -0.2) is 8.42 Å². The van der Waals surface area contributed by atoms with Crippen molar-refractivity contribution in [1.82, 2.24) is 4.72 Å². The number of nitro groups is 1. The van der Waals surface area contributed by atoms with Crippen LogP contribution in [0.5, 0.6) is 0 Å². The Bertz CT molecular complexity index is 823. The summed E-state index contributed by atoms with van der Waals surface area (Å²) >= 11 is 0. The van der Waals surface area contributed by atoms with Gasteiger partial charge in [0.15, 0.2) is 11.9 Å². The van der Waals surface area contributed by atoms with Crippen molar-refractivity contribution < 1.29 is 27.7 Å². The van der Waals surface area contributed by atoms with Crippen LogP contribution < -0.4 is 10.0 Å². The lowest BCUT2D eigenvalue weighted by molar-refractivity contribution is -0.384. The number of Topliss-reactive ketones (excluding diaryl/α,β-unsaturated/α-hetero) is 1. The Hall–Kier alpha value is -2.53. The molecule has 0 radical (unpaired) electrons. The Morgan fingerprint density at radius 1 is 1.38 bits per heavy atom. The molecule has 0 heterocycles. The molecule has 0 aliphatic heterocycles. The van der Waals surface area contributed by atoms with Crippen molar-refractivity contribution in [1.29, 1.82) is 0 Å². The fourth-order valence-corrected chi connectivity index (χ4v) is 3.54. The first-order valence-electron chi connectivity index (χ1n) is 7.92. The molecular weight excluding hydrogens is 366 g/mol. The number of ether oxygens (including phenoxy) is 1. The van der Waals surface area contributed by atoms with E-state index in [1.165, 1.54) is 19.2 Å². The molecule has 1 fully saturated rings. The quantitative estimate of drug-likeness (QED) is 0.401. The van der Waals surface area contributed by atoms with Gasteiger partial charge < -0.3 is 10.1 Å². The number of hydrogen-bond donors (Lipinski definition) is 2.